The Morgan fingerprint density at radius 2 is 1.85 bits per heavy atom. The second-order valence-corrected chi connectivity index (χ2v) is 6.85. The first-order chi connectivity index (χ1) is 13.0. The van der Waals surface area contributed by atoms with Crippen molar-refractivity contribution in [2.75, 3.05) is 6.54 Å². The number of amides is 1. The molecule has 2 aromatic carbocycles. The van der Waals surface area contributed by atoms with Gasteiger partial charge >= 0.3 is 0 Å². The highest BCUT2D eigenvalue weighted by atomic mass is 35.5. The van der Waals surface area contributed by atoms with E-state index in [0.29, 0.717) is 28.8 Å². The van der Waals surface area contributed by atoms with Crippen LogP contribution in [-0.2, 0) is 11.3 Å². The lowest BCUT2D eigenvalue weighted by atomic mass is 10.1. The highest BCUT2D eigenvalue weighted by Gasteiger charge is 2.34. The number of likely N-dealkylation sites (tertiary alicyclic amines) is 1. The number of carbonyl (C=O) groups excluding carboxylic acids is 1. The number of hydrogen-bond donors (Lipinski definition) is 0. The van der Waals surface area contributed by atoms with Crippen LogP contribution in [-0.4, -0.2) is 27.5 Å². The van der Waals surface area contributed by atoms with Crippen LogP contribution < -0.4 is 0 Å². The maximum absolute atomic E-state index is 13.3. The molecule has 5 nitrogen and oxygen atoms in total. The Labute approximate surface area is 158 Å². The number of halogens is 3. The Kier molecular flexibility index (Phi) is 4.61. The summed E-state index contributed by atoms with van der Waals surface area (Å²) in [6.45, 7) is 0.474. The lowest BCUT2D eigenvalue weighted by Crippen LogP contribution is -2.24. The summed E-state index contributed by atoms with van der Waals surface area (Å²) >= 11 is 5.87. The van der Waals surface area contributed by atoms with Gasteiger partial charge in [0.25, 0.3) is 0 Å². The Hall–Kier alpha value is -2.80. The van der Waals surface area contributed by atoms with E-state index in [0.717, 1.165) is 11.6 Å². The second-order valence-electron chi connectivity index (χ2n) is 6.42. The molecule has 0 aliphatic carbocycles. The van der Waals surface area contributed by atoms with Crippen molar-refractivity contribution in [1.29, 1.82) is 0 Å². The Balaban J connectivity index is 1.48. The lowest BCUT2D eigenvalue weighted by molar-refractivity contribution is -0.128. The topological polar surface area (TPSA) is 59.2 Å². The third-order valence-corrected chi connectivity index (χ3v) is 4.66. The van der Waals surface area contributed by atoms with Gasteiger partial charge in [-0.15, -0.1) is 0 Å². The third kappa shape index (κ3) is 3.83. The van der Waals surface area contributed by atoms with Crippen LogP contribution in [0.4, 0.5) is 8.78 Å². The molecule has 1 saturated heterocycles. The fourth-order valence-corrected chi connectivity index (χ4v) is 3.26. The van der Waals surface area contributed by atoms with Gasteiger partial charge in [0, 0.05) is 36.2 Å². The molecule has 1 unspecified atom stereocenters. The highest BCUT2D eigenvalue weighted by molar-refractivity contribution is 6.30. The van der Waals surface area contributed by atoms with Crippen molar-refractivity contribution in [2.24, 2.45) is 0 Å². The first-order valence-corrected chi connectivity index (χ1v) is 8.68. The lowest BCUT2D eigenvalue weighted by Gasteiger charge is -2.16. The minimum absolute atomic E-state index is 0.127. The molecule has 0 bridgehead atoms. The van der Waals surface area contributed by atoms with Crippen LogP contribution in [0.1, 0.15) is 23.8 Å². The molecule has 1 aliphatic rings. The fourth-order valence-electron chi connectivity index (χ4n) is 3.13. The van der Waals surface area contributed by atoms with E-state index in [9.17, 15) is 13.6 Å². The standard InChI is InChI=1S/C19H14ClF2N3O2/c20-14-3-1-12(2-4-14)18-23-19(27-24-18)13-7-17(26)25(10-13)9-11-5-15(21)8-16(22)6-11/h1-6,8,13H,7,9-10H2. The highest BCUT2D eigenvalue weighted by Crippen LogP contribution is 2.30. The molecule has 1 amide bonds. The van der Waals surface area contributed by atoms with Gasteiger partial charge in [-0.25, -0.2) is 8.78 Å². The molecule has 0 N–H and O–H groups in total. The summed E-state index contributed by atoms with van der Waals surface area (Å²) in [7, 11) is 0. The van der Waals surface area contributed by atoms with Gasteiger partial charge in [0.05, 0.1) is 5.92 Å². The summed E-state index contributed by atoms with van der Waals surface area (Å²) in [5, 5.41) is 4.56. The number of rotatable bonds is 4. The average molecular weight is 390 g/mol. The van der Waals surface area contributed by atoms with Crippen LogP contribution in [0.3, 0.4) is 0 Å². The van der Waals surface area contributed by atoms with E-state index in [1.165, 1.54) is 17.0 Å². The maximum Gasteiger partial charge on any atom is 0.232 e. The molecule has 27 heavy (non-hydrogen) atoms. The maximum atomic E-state index is 13.3. The minimum Gasteiger partial charge on any atom is -0.339 e. The summed E-state index contributed by atoms with van der Waals surface area (Å²) < 4.78 is 32.0. The summed E-state index contributed by atoms with van der Waals surface area (Å²) in [4.78, 5) is 18.2. The van der Waals surface area contributed by atoms with Crippen molar-refractivity contribution in [3.8, 4) is 11.4 Å². The van der Waals surface area contributed by atoms with Crippen LogP contribution in [0.5, 0.6) is 0 Å². The zero-order valence-electron chi connectivity index (χ0n) is 14.0. The van der Waals surface area contributed by atoms with E-state index in [1.807, 2.05) is 0 Å². The van der Waals surface area contributed by atoms with E-state index in [-0.39, 0.29) is 24.8 Å². The van der Waals surface area contributed by atoms with Gasteiger partial charge in [0.1, 0.15) is 11.6 Å². The van der Waals surface area contributed by atoms with Crippen LogP contribution >= 0.6 is 11.6 Å². The summed E-state index contributed by atoms with van der Waals surface area (Å²) in [5.41, 5.74) is 1.15. The molecular formula is C19H14ClF2N3O2. The minimum atomic E-state index is -0.669. The van der Waals surface area contributed by atoms with Crippen LogP contribution in [0.2, 0.25) is 5.02 Å². The van der Waals surface area contributed by atoms with Crippen LogP contribution in [0.25, 0.3) is 11.4 Å². The summed E-state index contributed by atoms with van der Waals surface area (Å²) in [5.74, 6) is -0.947. The van der Waals surface area contributed by atoms with Gasteiger partial charge in [-0.05, 0) is 42.0 Å². The number of benzene rings is 2. The van der Waals surface area contributed by atoms with Crippen molar-refractivity contribution in [3.05, 3.63) is 70.6 Å². The molecule has 0 radical (unpaired) electrons. The first kappa shape index (κ1) is 17.6. The molecule has 138 valence electrons. The molecule has 1 aliphatic heterocycles. The molecule has 0 saturated carbocycles. The summed E-state index contributed by atoms with van der Waals surface area (Å²) in [6.07, 6.45) is 0.208. The number of hydrogen-bond acceptors (Lipinski definition) is 4. The van der Waals surface area contributed by atoms with Gasteiger partial charge < -0.3 is 9.42 Å². The van der Waals surface area contributed by atoms with E-state index >= 15 is 0 Å². The van der Waals surface area contributed by atoms with Gasteiger partial charge in [-0.3, -0.25) is 4.79 Å². The smallest absolute Gasteiger partial charge is 0.232 e. The van der Waals surface area contributed by atoms with Gasteiger partial charge in [0.2, 0.25) is 17.6 Å². The Morgan fingerprint density at radius 1 is 1.15 bits per heavy atom. The van der Waals surface area contributed by atoms with Crippen molar-refractivity contribution >= 4 is 17.5 Å². The molecular weight excluding hydrogens is 376 g/mol. The Bertz CT molecular complexity index is 971. The van der Waals surface area contributed by atoms with Crippen LogP contribution in [0.15, 0.2) is 47.0 Å². The zero-order valence-corrected chi connectivity index (χ0v) is 14.8. The third-order valence-electron chi connectivity index (χ3n) is 4.40. The van der Waals surface area contributed by atoms with Crippen molar-refractivity contribution in [2.45, 2.75) is 18.9 Å². The molecule has 1 fully saturated rings. The van der Waals surface area contributed by atoms with Crippen molar-refractivity contribution in [1.82, 2.24) is 15.0 Å². The van der Waals surface area contributed by atoms with E-state index in [4.69, 9.17) is 16.1 Å². The number of aromatic nitrogens is 2. The summed E-state index contributed by atoms with van der Waals surface area (Å²) in [6, 6.07) is 10.2. The zero-order chi connectivity index (χ0) is 19.0. The average Bonchev–Trinajstić information content (AvgIpc) is 3.22. The largest absolute Gasteiger partial charge is 0.339 e. The normalized spacial score (nSPS) is 16.9. The number of nitrogens with zero attached hydrogens (tertiary/aromatic N) is 3. The predicted octanol–water partition coefficient (Wildman–Crippen LogP) is 4.18. The first-order valence-electron chi connectivity index (χ1n) is 8.30. The molecule has 0 spiro atoms. The second kappa shape index (κ2) is 7.08. The fraction of sp³-hybridized carbons (Fsp3) is 0.211. The molecule has 8 heteroatoms. The quantitative estimate of drug-likeness (QED) is 0.671. The molecule has 2 heterocycles. The van der Waals surface area contributed by atoms with Crippen LogP contribution in [0, 0.1) is 11.6 Å². The van der Waals surface area contributed by atoms with E-state index in [2.05, 4.69) is 10.1 Å². The molecule has 1 atom stereocenters. The SMILES string of the molecule is O=C1CC(c2nc(-c3ccc(Cl)cc3)no2)CN1Cc1cc(F)cc(F)c1. The van der Waals surface area contributed by atoms with Gasteiger partial charge in [0.15, 0.2) is 0 Å². The van der Waals surface area contributed by atoms with Crippen molar-refractivity contribution < 1.29 is 18.1 Å². The van der Waals surface area contributed by atoms with E-state index in [1.54, 1.807) is 24.3 Å². The van der Waals surface area contributed by atoms with Crippen molar-refractivity contribution in [3.63, 3.8) is 0 Å². The monoisotopic (exact) mass is 389 g/mol. The number of carbonyl (C=O) groups is 1. The van der Waals surface area contributed by atoms with E-state index < -0.39 is 11.6 Å². The molecule has 4 rings (SSSR count). The predicted molar refractivity (Wildman–Crippen MR) is 93.9 cm³/mol. The van der Waals surface area contributed by atoms with Gasteiger partial charge in [-0.1, -0.05) is 16.8 Å². The Morgan fingerprint density at radius 3 is 2.56 bits per heavy atom. The molecule has 1 aromatic heterocycles. The van der Waals surface area contributed by atoms with Gasteiger partial charge in [-0.2, -0.15) is 4.98 Å². The molecule has 3 aromatic rings.